The lowest BCUT2D eigenvalue weighted by Crippen LogP contribution is -2.57. The summed E-state index contributed by atoms with van der Waals surface area (Å²) in [4.78, 5) is 0. The second-order valence-electron chi connectivity index (χ2n) is 36.0. The number of hydrogen-bond acceptors (Lipinski definition) is 8. The Labute approximate surface area is 800 Å². The highest BCUT2D eigenvalue weighted by molar-refractivity contribution is 7.00. The average molecular weight is 1760 g/mol. The van der Waals surface area contributed by atoms with Gasteiger partial charge >= 0.3 is 0 Å². The molecule has 0 atom stereocenters. The van der Waals surface area contributed by atoms with Crippen LogP contribution < -0.4 is 103 Å². The Kier molecular flexibility index (Phi) is 19.2. The summed E-state index contributed by atoms with van der Waals surface area (Å²) in [7, 11) is 0. The third kappa shape index (κ3) is 13.6. The van der Waals surface area contributed by atoms with Crippen LogP contribution in [0.5, 0.6) is 92.0 Å². The van der Waals surface area contributed by atoms with Gasteiger partial charge in [0.2, 0.25) is 0 Å². The molecule has 0 unspecified atom stereocenters. The number of benzene rings is 22. The summed E-state index contributed by atoms with van der Waals surface area (Å²) in [6, 6.07) is 165. The van der Waals surface area contributed by atoms with Crippen LogP contribution in [0.1, 0.15) is 0 Å². The van der Waals surface area contributed by atoms with E-state index in [1.807, 2.05) is 54.6 Å². The van der Waals surface area contributed by atoms with E-state index in [2.05, 4.69) is 419 Å². The van der Waals surface area contributed by atoms with Gasteiger partial charge in [-0.05, 0) is 263 Å². The highest BCUT2D eigenvalue weighted by Crippen LogP contribution is 2.48. The van der Waals surface area contributed by atoms with Crippen LogP contribution in [0.4, 0.5) is 0 Å². The van der Waals surface area contributed by atoms with E-state index in [0.29, 0.717) is 0 Å². The Hall–Kier alpha value is -17.7. The molecule has 12 heteroatoms. The molecule has 8 aliphatic heterocycles. The quantitative estimate of drug-likeness (QED) is 0.146. The van der Waals surface area contributed by atoms with Gasteiger partial charge in [-0.2, -0.15) is 0 Å². The SMILES string of the molecule is c1ccc(-c2cc3ccccc3cc2-c2cc3c4c(c2)Oc2ccccc2B4c2ccccc2O3)cc1.c1ccc(-c2ccc(-c3cc4c5c(c3)Oc3ccccc3B5c3ccccc3O4)c3ccccc23)cc1.c1ccc(-c2ccccc2-c2cc3c4c(c2)Oc2ccccc2B4c2ccccc2O3)cc1.c1ccc2c(c1)Oc1cc(-c3cccc4ccccc34)cc3c1B2c1ccccc1O3. The summed E-state index contributed by atoms with van der Waals surface area (Å²) in [5, 5.41) is 7.31. The van der Waals surface area contributed by atoms with Crippen LogP contribution in [0.25, 0.3) is 110 Å². The molecule has 0 aromatic heterocycles. The van der Waals surface area contributed by atoms with Crippen molar-refractivity contribution in [2.45, 2.75) is 0 Å². The van der Waals surface area contributed by atoms with Gasteiger partial charge in [0.25, 0.3) is 26.9 Å². The molecule has 30 rings (SSSR count). The third-order valence-electron chi connectivity index (χ3n) is 28.2. The van der Waals surface area contributed by atoms with Crippen molar-refractivity contribution in [3.05, 3.63) is 473 Å². The summed E-state index contributed by atoms with van der Waals surface area (Å²) in [6.45, 7) is 0.384. The Balaban J connectivity index is 0.0000000930. The smallest absolute Gasteiger partial charge is 0.260 e. The lowest BCUT2D eigenvalue weighted by atomic mass is 9.35. The van der Waals surface area contributed by atoms with Crippen LogP contribution in [0.2, 0.25) is 0 Å². The van der Waals surface area contributed by atoms with E-state index in [-0.39, 0.29) is 26.9 Å². The first kappa shape index (κ1) is 80.0. The minimum absolute atomic E-state index is 0.0825. The van der Waals surface area contributed by atoms with Gasteiger partial charge in [0.15, 0.2) is 0 Å². The van der Waals surface area contributed by atoms with Crippen LogP contribution in [-0.4, -0.2) is 26.9 Å². The molecule has 0 fully saturated rings. The van der Waals surface area contributed by atoms with Gasteiger partial charge in [0.1, 0.15) is 92.0 Å². The number of rotatable bonds is 7. The summed E-state index contributed by atoms with van der Waals surface area (Å²) < 4.78 is 52.0. The minimum Gasteiger partial charge on any atom is -0.458 e. The molecule has 0 saturated heterocycles. The van der Waals surface area contributed by atoms with Crippen molar-refractivity contribution < 1.29 is 37.9 Å². The summed E-state index contributed by atoms with van der Waals surface area (Å²) in [5.41, 5.74) is 30.1. The molecule has 642 valence electrons. The van der Waals surface area contributed by atoms with Crippen LogP contribution in [0.15, 0.2) is 473 Å². The molecule has 8 heterocycles. The molecule has 0 radical (unpaired) electrons. The van der Waals surface area contributed by atoms with Crippen LogP contribution in [0.3, 0.4) is 0 Å². The molecule has 0 N–H and O–H groups in total. The maximum Gasteiger partial charge on any atom is 0.260 e. The van der Waals surface area contributed by atoms with Gasteiger partial charge in [0, 0.05) is 21.9 Å². The zero-order chi connectivity index (χ0) is 90.8. The molecule has 22 aromatic rings. The van der Waals surface area contributed by atoms with Crippen molar-refractivity contribution in [1.82, 2.24) is 0 Å². The van der Waals surface area contributed by atoms with E-state index >= 15 is 0 Å². The Bertz CT molecular complexity index is 8440. The number of para-hydroxylation sites is 8. The van der Waals surface area contributed by atoms with Gasteiger partial charge in [-0.15, -0.1) is 0 Å². The summed E-state index contributed by atoms with van der Waals surface area (Å²) >= 11 is 0. The molecule has 22 aromatic carbocycles. The van der Waals surface area contributed by atoms with Crippen molar-refractivity contribution in [3.8, 4) is 170 Å². The normalized spacial score (nSPS) is 12.8. The number of fused-ring (bicyclic) bond motifs is 19. The Morgan fingerprint density at radius 1 is 0.116 bits per heavy atom. The second kappa shape index (κ2) is 33.2. The zero-order valence-corrected chi connectivity index (χ0v) is 74.6. The van der Waals surface area contributed by atoms with E-state index in [1.165, 1.54) is 115 Å². The molecular weight excluding hydrogens is 1680 g/mol. The standard InChI is InChI=1S/2C34H21BO2.C30H19BO2.C28H17BO2/c1-2-10-22(11-3-1)26-18-23-12-4-5-13-24(23)19-27(26)25-20-32-34-33(21-25)37-31-17-9-7-15-29(31)35(34)28-14-6-8-16-30(28)36-32;1-2-10-22(11-3-1)24-18-19-25(27-13-5-4-12-26(24)27)23-20-32-34-33(21-23)37-31-17-9-7-15-29(31)35(34)28-14-6-8-16-30(28)36-32;1-2-10-20(11-3-1)22-12-4-5-13-23(22)21-18-28-30-29(19-21)33-27-17-9-7-15-25(27)31(30)24-14-6-8-16-26(24)32-28;1-2-10-20-18(8-1)9-7-11-21(20)19-16-26-28-27(17-19)31-25-15-6-4-13-23(25)29(28)22-12-3-5-14-24(22)30-26/h2*1-21H;1-19H;1-17H. The fraction of sp³-hybridized carbons (Fsp3) is 0. The first-order chi connectivity index (χ1) is 68.4. The average Bonchev–Trinajstić information content (AvgIpc) is 0.734. The van der Waals surface area contributed by atoms with E-state index in [1.54, 1.807) is 0 Å². The molecule has 0 bridgehead atoms. The highest BCUT2D eigenvalue weighted by Gasteiger charge is 2.46. The van der Waals surface area contributed by atoms with E-state index < -0.39 is 0 Å². The van der Waals surface area contributed by atoms with Gasteiger partial charge < -0.3 is 37.9 Å². The van der Waals surface area contributed by atoms with E-state index in [4.69, 9.17) is 37.9 Å². The van der Waals surface area contributed by atoms with Crippen LogP contribution >= 0.6 is 0 Å². The number of ether oxygens (including phenoxy) is 8. The molecule has 138 heavy (non-hydrogen) atoms. The van der Waals surface area contributed by atoms with Crippen molar-refractivity contribution in [2.24, 2.45) is 0 Å². The van der Waals surface area contributed by atoms with Crippen molar-refractivity contribution in [2.75, 3.05) is 0 Å². The van der Waals surface area contributed by atoms with Gasteiger partial charge in [-0.25, -0.2) is 0 Å². The molecule has 0 spiro atoms. The maximum atomic E-state index is 6.55. The Morgan fingerprint density at radius 2 is 0.312 bits per heavy atom. The number of hydrogen-bond donors (Lipinski definition) is 0. The lowest BCUT2D eigenvalue weighted by Gasteiger charge is -2.33. The van der Waals surface area contributed by atoms with Crippen molar-refractivity contribution in [1.29, 1.82) is 0 Å². The van der Waals surface area contributed by atoms with Gasteiger partial charge in [-0.3, -0.25) is 0 Å². The third-order valence-corrected chi connectivity index (χ3v) is 28.2. The molecular formula is C126H78B4O8. The highest BCUT2D eigenvalue weighted by atomic mass is 16.5. The topological polar surface area (TPSA) is 73.8 Å². The zero-order valence-electron chi connectivity index (χ0n) is 74.6. The second-order valence-corrected chi connectivity index (χ2v) is 36.0. The first-order valence-electron chi connectivity index (χ1n) is 47.1. The first-order valence-corrected chi connectivity index (χ1v) is 47.1. The predicted molar refractivity (Wildman–Crippen MR) is 567 cm³/mol. The molecule has 8 aliphatic rings. The minimum atomic E-state index is 0.0825. The fourth-order valence-electron chi connectivity index (χ4n) is 22.0. The molecule has 8 nitrogen and oxygen atoms in total. The summed E-state index contributed by atoms with van der Waals surface area (Å²) in [5.74, 6) is 14.2. The van der Waals surface area contributed by atoms with Gasteiger partial charge in [0.05, 0.1) is 0 Å². The fourth-order valence-corrected chi connectivity index (χ4v) is 22.0. The Morgan fingerprint density at radius 3 is 0.630 bits per heavy atom. The molecule has 0 amide bonds. The van der Waals surface area contributed by atoms with Crippen molar-refractivity contribution in [3.63, 3.8) is 0 Å². The van der Waals surface area contributed by atoms with Crippen molar-refractivity contribution >= 4 is 125 Å². The lowest BCUT2D eigenvalue weighted by molar-refractivity contribution is 0.464. The summed E-state index contributed by atoms with van der Waals surface area (Å²) in [6.07, 6.45) is 0. The van der Waals surface area contributed by atoms with Crippen LogP contribution in [-0.2, 0) is 0 Å². The van der Waals surface area contributed by atoms with Gasteiger partial charge in [-0.1, -0.05) is 364 Å². The predicted octanol–water partition coefficient (Wildman–Crippen LogP) is 24.8. The van der Waals surface area contributed by atoms with E-state index in [9.17, 15) is 0 Å². The largest absolute Gasteiger partial charge is 0.458 e. The monoisotopic (exact) mass is 1760 g/mol. The maximum absolute atomic E-state index is 6.55. The van der Waals surface area contributed by atoms with E-state index in [0.717, 1.165) is 153 Å². The molecule has 0 saturated carbocycles. The van der Waals surface area contributed by atoms with Crippen LogP contribution in [0, 0.1) is 0 Å². The molecule has 0 aliphatic carbocycles.